The molecule has 0 aromatic rings. The second-order valence-electron chi connectivity index (χ2n) is 4.32. The third kappa shape index (κ3) is 4.67. The predicted octanol–water partition coefficient (Wildman–Crippen LogP) is 2.59. The lowest BCUT2D eigenvalue weighted by molar-refractivity contribution is -0.244. The molecule has 1 fully saturated rings. The van der Waals surface area contributed by atoms with Crippen LogP contribution >= 0.6 is 0 Å². The van der Waals surface area contributed by atoms with Gasteiger partial charge in [-0.3, -0.25) is 0 Å². The van der Waals surface area contributed by atoms with E-state index < -0.39 is 0 Å². The molecule has 0 aromatic heterocycles. The van der Waals surface area contributed by atoms with E-state index in [1.54, 1.807) is 6.26 Å². The van der Waals surface area contributed by atoms with Crippen LogP contribution < -0.4 is 0 Å². The molecule has 3 heteroatoms. The van der Waals surface area contributed by atoms with Gasteiger partial charge < -0.3 is 9.79 Å². The van der Waals surface area contributed by atoms with Gasteiger partial charge in [0.1, 0.15) is 6.26 Å². The summed E-state index contributed by atoms with van der Waals surface area (Å²) in [6.45, 7) is 9.38. The minimum Gasteiger partial charge on any atom is -0.346 e. The molecule has 0 aliphatic carbocycles. The normalized spacial score (nSPS) is 23.9. The molecular formula is C12H23NO2. The van der Waals surface area contributed by atoms with Crippen molar-refractivity contribution in [1.82, 2.24) is 4.90 Å². The largest absolute Gasteiger partial charge is 0.346 e. The summed E-state index contributed by atoms with van der Waals surface area (Å²) in [6, 6.07) is 0.647. The van der Waals surface area contributed by atoms with Crippen LogP contribution in [-0.2, 0) is 9.78 Å². The fourth-order valence-corrected chi connectivity index (χ4v) is 1.92. The number of rotatable bonds is 5. The van der Waals surface area contributed by atoms with E-state index >= 15 is 0 Å². The number of likely N-dealkylation sites (tertiary alicyclic amines) is 1. The summed E-state index contributed by atoms with van der Waals surface area (Å²) in [5.41, 5.74) is 0. The Hall–Kier alpha value is -0.540. The monoisotopic (exact) mass is 213 g/mol. The minimum atomic E-state index is 0.590. The van der Waals surface area contributed by atoms with Crippen LogP contribution in [0.5, 0.6) is 0 Å². The van der Waals surface area contributed by atoms with Gasteiger partial charge in [0.15, 0.2) is 0 Å². The zero-order valence-electron chi connectivity index (χ0n) is 10.1. The molecule has 0 radical (unpaired) electrons. The van der Waals surface area contributed by atoms with E-state index in [4.69, 9.17) is 9.78 Å². The van der Waals surface area contributed by atoms with Gasteiger partial charge in [0.2, 0.25) is 0 Å². The summed E-state index contributed by atoms with van der Waals surface area (Å²) < 4.78 is 0. The third-order valence-electron chi connectivity index (χ3n) is 2.81. The van der Waals surface area contributed by atoms with Crippen molar-refractivity contribution in [2.45, 2.75) is 39.7 Å². The lowest BCUT2D eigenvalue weighted by Crippen LogP contribution is -2.39. The maximum Gasteiger partial charge on any atom is 0.125 e. The van der Waals surface area contributed by atoms with Gasteiger partial charge in [0, 0.05) is 12.6 Å². The van der Waals surface area contributed by atoms with Gasteiger partial charge in [0.05, 0.1) is 6.61 Å². The van der Waals surface area contributed by atoms with Crippen molar-refractivity contribution in [1.29, 1.82) is 0 Å². The summed E-state index contributed by atoms with van der Waals surface area (Å²) in [5.74, 6) is 0.613. The van der Waals surface area contributed by atoms with Gasteiger partial charge in [-0.25, -0.2) is 0 Å². The summed E-state index contributed by atoms with van der Waals surface area (Å²) in [4.78, 5) is 12.2. The molecule has 3 nitrogen and oxygen atoms in total. The summed E-state index contributed by atoms with van der Waals surface area (Å²) >= 11 is 0. The van der Waals surface area contributed by atoms with E-state index in [9.17, 15) is 0 Å². The van der Waals surface area contributed by atoms with E-state index in [0.29, 0.717) is 18.6 Å². The van der Waals surface area contributed by atoms with Gasteiger partial charge in [-0.1, -0.05) is 0 Å². The van der Waals surface area contributed by atoms with E-state index in [1.807, 2.05) is 6.92 Å². The smallest absolute Gasteiger partial charge is 0.125 e. The molecule has 1 saturated heterocycles. The van der Waals surface area contributed by atoms with Crippen LogP contribution in [0.15, 0.2) is 12.3 Å². The highest BCUT2D eigenvalue weighted by atomic mass is 17.2. The Bertz CT molecular complexity index is 192. The Balaban J connectivity index is 2.26. The summed E-state index contributed by atoms with van der Waals surface area (Å²) in [6.07, 6.45) is 6.33. The van der Waals surface area contributed by atoms with Gasteiger partial charge in [-0.2, -0.15) is 4.89 Å². The molecule has 15 heavy (non-hydrogen) atoms. The average Bonchev–Trinajstić information content (AvgIpc) is 2.25. The SMILES string of the molecule is CCOO/C=C/C1CCCN(C(C)C)C1. The minimum absolute atomic E-state index is 0.590. The number of hydrogen-bond donors (Lipinski definition) is 0. The van der Waals surface area contributed by atoms with Crippen LogP contribution in [0.1, 0.15) is 33.6 Å². The Morgan fingerprint density at radius 2 is 2.27 bits per heavy atom. The molecule has 1 rings (SSSR count). The highest BCUT2D eigenvalue weighted by molar-refractivity contribution is 4.88. The number of hydrogen-bond acceptors (Lipinski definition) is 3. The van der Waals surface area contributed by atoms with Crippen molar-refractivity contribution in [2.75, 3.05) is 19.7 Å². The van der Waals surface area contributed by atoms with E-state index in [2.05, 4.69) is 24.8 Å². The highest BCUT2D eigenvalue weighted by Crippen LogP contribution is 2.19. The average molecular weight is 213 g/mol. The zero-order valence-corrected chi connectivity index (χ0v) is 10.1. The molecule has 0 bridgehead atoms. The van der Waals surface area contributed by atoms with Gasteiger partial charge >= 0.3 is 0 Å². The van der Waals surface area contributed by atoms with Crippen LogP contribution in [-0.4, -0.2) is 30.6 Å². The molecule has 0 amide bonds. The Morgan fingerprint density at radius 1 is 1.47 bits per heavy atom. The molecule has 0 aromatic carbocycles. The molecule has 1 unspecified atom stereocenters. The maximum atomic E-state index is 4.88. The molecular weight excluding hydrogens is 190 g/mol. The lowest BCUT2D eigenvalue weighted by atomic mass is 9.97. The summed E-state index contributed by atoms with van der Waals surface area (Å²) in [5, 5.41) is 0. The number of piperidine rings is 1. The summed E-state index contributed by atoms with van der Waals surface area (Å²) in [7, 11) is 0. The molecule has 1 aliphatic rings. The third-order valence-corrected chi connectivity index (χ3v) is 2.81. The first-order valence-electron chi connectivity index (χ1n) is 5.93. The molecule has 1 atom stereocenters. The van der Waals surface area contributed by atoms with Crippen molar-refractivity contribution in [2.24, 2.45) is 5.92 Å². The number of nitrogens with zero attached hydrogens (tertiary/aromatic N) is 1. The molecule has 0 saturated carbocycles. The van der Waals surface area contributed by atoms with Crippen molar-refractivity contribution in [3.63, 3.8) is 0 Å². The van der Waals surface area contributed by atoms with Crippen molar-refractivity contribution < 1.29 is 9.78 Å². The first kappa shape index (κ1) is 12.5. The van der Waals surface area contributed by atoms with Crippen LogP contribution in [0.4, 0.5) is 0 Å². The quantitative estimate of drug-likeness (QED) is 0.303. The Labute approximate surface area is 93.0 Å². The van der Waals surface area contributed by atoms with Crippen LogP contribution in [0, 0.1) is 5.92 Å². The predicted molar refractivity (Wildman–Crippen MR) is 61.3 cm³/mol. The lowest BCUT2D eigenvalue weighted by Gasteiger charge is -2.34. The van der Waals surface area contributed by atoms with E-state index in [-0.39, 0.29) is 0 Å². The van der Waals surface area contributed by atoms with Gasteiger partial charge in [-0.05, 0) is 52.2 Å². The molecule has 88 valence electrons. The topological polar surface area (TPSA) is 21.7 Å². The molecule has 1 aliphatic heterocycles. The first-order chi connectivity index (χ1) is 7.24. The fraction of sp³-hybridized carbons (Fsp3) is 0.833. The van der Waals surface area contributed by atoms with Gasteiger partial charge in [0.25, 0.3) is 0 Å². The highest BCUT2D eigenvalue weighted by Gasteiger charge is 2.19. The fourth-order valence-electron chi connectivity index (χ4n) is 1.92. The molecule has 1 heterocycles. The van der Waals surface area contributed by atoms with Crippen molar-refractivity contribution in [3.8, 4) is 0 Å². The molecule has 0 N–H and O–H groups in total. The van der Waals surface area contributed by atoms with E-state index in [0.717, 1.165) is 6.54 Å². The van der Waals surface area contributed by atoms with Gasteiger partial charge in [-0.15, -0.1) is 0 Å². The Kier molecular flexibility index (Phi) is 5.73. The second kappa shape index (κ2) is 6.85. The maximum absolute atomic E-state index is 4.88. The zero-order chi connectivity index (χ0) is 11.1. The van der Waals surface area contributed by atoms with Crippen molar-refractivity contribution in [3.05, 3.63) is 12.3 Å². The van der Waals surface area contributed by atoms with Crippen molar-refractivity contribution >= 4 is 0 Å². The molecule has 0 spiro atoms. The first-order valence-corrected chi connectivity index (χ1v) is 5.93. The van der Waals surface area contributed by atoms with E-state index in [1.165, 1.54) is 19.4 Å². The second-order valence-corrected chi connectivity index (χ2v) is 4.32. The van der Waals surface area contributed by atoms with Crippen LogP contribution in [0.2, 0.25) is 0 Å². The van der Waals surface area contributed by atoms with Crippen LogP contribution in [0.3, 0.4) is 0 Å². The standard InChI is InChI=1S/C12H23NO2/c1-4-14-15-9-7-12-6-5-8-13(10-12)11(2)3/h7,9,11-12H,4-6,8,10H2,1-3H3/b9-7+. The Morgan fingerprint density at radius 3 is 2.93 bits per heavy atom. The van der Waals surface area contributed by atoms with Crippen LogP contribution in [0.25, 0.3) is 0 Å².